The first-order chi connectivity index (χ1) is 6.61. The highest BCUT2D eigenvalue weighted by molar-refractivity contribution is 7.98. The molecule has 1 atom stereocenters. The van der Waals surface area contributed by atoms with Crippen LogP contribution in [0.3, 0.4) is 0 Å². The molecule has 0 saturated heterocycles. The highest BCUT2D eigenvalue weighted by Gasteiger charge is 2.05. The Labute approximate surface area is 91.9 Å². The Morgan fingerprint density at radius 3 is 2.79 bits per heavy atom. The number of rotatable bonds is 4. The van der Waals surface area contributed by atoms with Crippen LogP contribution in [0.5, 0.6) is 0 Å². The molecule has 1 heterocycles. The molecule has 0 aromatic carbocycles. The van der Waals surface area contributed by atoms with Crippen LogP contribution < -0.4 is 11.1 Å². The fourth-order valence-electron chi connectivity index (χ4n) is 0.942. The Balaban J connectivity index is 2.66. The van der Waals surface area contributed by atoms with Crippen LogP contribution in [-0.4, -0.2) is 33.0 Å². The van der Waals surface area contributed by atoms with Gasteiger partial charge in [0.25, 0.3) is 0 Å². The molecular formula is C7H12ClN5S. The lowest BCUT2D eigenvalue weighted by molar-refractivity contribution is 0.880. The van der Waals surface area contributed by atoms with E-state index in [1.165, 1.54) is 0 Å². The summed E-state index contributed by atoms with van der Waals surface area (Å²) in [4.78, 5) is 11.5. The smallest absolute Gasteiger partial charge is 0.229 e. The normalized spacial score (nSPS) is 12.5. The van der Waals surface area contributed by atoms with Gasteiger partial charge in [-0.25, -0.2) is 0 Å². The molecule has 3 N–H and O–H groups in total. The standard InChI is InChI=1S/C7H12ClN5S/c1-4(3-14-2)10-7-12-5(8)11-6(9)13-7/h4H,3H2,1-2H3,(H3,9,10,11,12,13). The second-order valence-corrected chi connectivity index (χ2v) is 4.04. The van der Waals surface area contributed by atoms with Gasteiger partial charge in [0.2, 0.25) is 17.2 Å². The van der Waals surface area contributed by atoms with E-state index in [4.69, 9.17) is 17.3 Å². The molecule has 0 aliphatic carbocycles. The van der Waals surface area contributed by atoms with Gasteiger partial charge in [0.15, 0.2) is 0 Å². The molecule has 1 aromatic heterocycles. The fourth-order valence-corrected chi connectivity index (χ4v) is 1.69. The Bertz CT molecular complexity index is 288. The molecule has 1 aromatic rings. The number of aromatic nitrogens is 3. The van der Waals surface area contributed by atoms with Gasteiger partial charge >= 0.3 is 0 Å². The number of nitrogens with one attached hydrogen (secondary N) is 1. The lowest BCUT2D eigenvalue weighted by Crippen LogP contribution is -2.20. The van der Waals surface area contributed by atoms with Crippen molar-refractivity contribution in [3.05, 3.63) is 5.28 Å². The first-order valence-electron chi connectivity index (χ1n) is 4.04. The van der Waals surface area contributed by atoms with Crippen molar-refractivity contribution >= 4 is 35.3 Å². The Kier molecular flexibility index (Phi) is 4.21. The third-order valence-corrected chi connectivity index (χ3v) is 2.42. The van der Waals surface area contributed by atoms with E-state index in [1.54, 1.807) is 11.8 Å². The number of nitrogens with zero attached hydrogens (tertiary/aromatic N) is 3. The number of anilines is 2. The van der Waals surface area contributed by atoms with E-state index in [1.807, 2.05) is 13.2 Å². The lowest BCUT2D eigenvalue weighted by Gasteiger charge is -2.11. The van der Waals surface area contributed by atoms with Gasteiger partial charge in [0.05, 0.1) is 0 Å². The average molecular weight is 234 g/mol. The van der Waals surface area contributed by atoms with Crippen molar-refractivity contribution in [3.8, 4) is 0 Å². The van der Waals surface area contributed by atoms with Gasteiger partial charge in [0, 0.05) is 11.8 Å². The largest absolute Gasteiger partial charge is 0.368 e. The van der Waals surface area contributed by atoms with Crippen LogP contribution in [0.25, 0.3) is 0 Å². The molecule has 0 radical (unpaired) electrons. The van der Waals surface area contributed by atoms with E-state index < -0.39 is 0 Å². The Morgan fingerprint density at radius 1 is 1.50 bits per heavy atom. The topological polar surface area (TPSA) is 76.7 Å². The molecule has 0 aliphatic heterocycles. The molecule has 14 heavy (non-hydrogen) atoms. The van der Waals surface area contributed by atoms with Crippen LogP contribution in [0.15, 0.2) is 0 Å². The van der Waals surface area contributed by atoms with Gasteiger partial charge < -0.3 is 11.1 Å². The number of halogens is 1. The number of nitrogens with two attached hydrogens (primary N) is 1. The summed E-state index contributed by atoms with van der Waals surface area (Å²) in [5.41, 5.74) is 5.42. The summed E-state index contributed by atoms with van der Waals surface area (Å²) in [5.74, 6) is 1.51. The molecule has 0 saturated carbocycles. The summed E-state index contributed by atoms with van der Waals surface area (Å²) < 4.78 is 0. The van der Waals surface area contributed by atoms with Crippen LogP contribution in [0, 0.1) is 0 Å². The minimum Gasteiger partial charge on any atom is -0.368 e. The highest BCUT2D eigenvalue weighted by atomic mass is 35.5. The summed E-state index contributed by atoms with van der Waals surface area (Å²) >= 11 is 7.36. The maximum absolute atomic E-state index is 5.62. The van der Waals surface area contributed by atoms with Crippen molar-refractivity contribution in [1.29, 1.82) is 0 Å². The van der Waals surface area contributed by atoms with Crippen molar-refractivity contribution in [1.82, 2.24) is 15.0 Å². The molecule has 1 rings (SSSR count). The number of hydrogen-bond donors (Lipinski definition) is 2. The van der Waals surface area contributed by atoms with Crippen molar-refractivity contribution in [2.45, 2.75) is 13.0 Å². The monoisotopic (exact) mass is 233 g/mol. The molecule has 0 aliphatic rings. The van der Waals surface area contributed by atoms with Gasteiger partial charge in [-0.1, -0.05) is 0 Å². The van der Waals surface area contributed by atoms with Crippen molar-refractivity contribution in [2.24, 2.45) is 0 Å². The van der Waals surface area contributed by atoms with Crippen LogP contribution in [0.1, 0.15) is 6.92 Å². The number of thioether (sulfide) groups is 1. The third-order valence-electron chi connectivity index (χ3n) is 1.42. The fraction of sp³-hybridized carbons (Fsp3) is 0.571. The predicted octanol–water partition coefficient (Wildman–Crippen LogP) is 1.27. The molecule has 0 bridgehead atoms. The van der Waals surface area contributed by atoms with E-state index in [0.717, 1.165) is 5.75 Å². The summed E-state index contributed by atoms with van der Waals surface area (Å²) in [6.45, 7) is 2.03. The maximum atomic E-state index is 5.62. The average Bonchev–Trinajstić information content (AvgIpc) is 2.01. The molecule has 0 spiro atoms. The first kappa shape index (κ1) is 11.3. The van der Waals surface area contributed by atoms with Crippen LogP contribution in [-0.2, 0) is 0 Å². The van der Waals surface area contributed by atoms with E-state index in [0.29, 0.717) is 5.95 Å². The second-order valence-electron chi connectivity index (χ2n) is 2.79. The molecule has 0 fully saturated rings. The van der Waals surface area contributed by atoms with Gasteiger partial charge in [-0.2, -0.15) is 26.7 Å². The van der Waals surface area contributed by atoms with Crippen LogP contribution >= 0.6 is 23.4 Å². The molecule has 0 amide bonds. The minimum atomic E-state index is 0.108. The van der Waals surface area contributed by atoms with Crippen LogP contribution in [0.4, 0.5) is 11.9 Å². The van der Waals surface area contributed by atoms with E-state index >= 15 is 0 Å². The molecule has 7 heteroatoms. The summed E-state index contributed by atoms with van der Waals surface area (Å²) in [6, 6.07) is 0.267. The zero-order chi connectivity index (χ0) is 10.6. The molecule has 5 nitrogen and oxygen atoms in total. The van der Waals surface area contributed by atoms with Gasteiger partial charge in [0.1, 0.15) is 0 Å². The summed E-state index contributed by atoms with van der Waals surface area (Å²) in [6.07, 6.45) is 2.03. The van der Waals surface area contributed by atoms with Crippen LogP contribution in [0.2, 0.25) is 5.28 Å². The van der Waals surface area contributed by atoms with Gasteiger partial charge in [-0.3, -0.25) is 0 Å². The SMILES string of the molecule is CSCC(C)Nc1nc(N)nc(Cl)n1. The maximum Gasteiger partial charge on any atom is 0.229 e. The zero-order valence-corrected chi connectivity index (χ0v) is 9.56. The zero-order valence-electron chi connectivity index (χ0n) is 7.99. The Hall–Kier alpha value is -0.750. The minimum absolute atomic E-state index is 0.108. The molecular weight excluding hydrogens is 222 g/mol. The number of hydrogen-bond acceptors (Lipinski definition) is 6. The second kappa shape index (κ2) is 5.21. The number of nitrogen functional groups attached to an aromatic ring is 1. The third kappa shape index (κ3) is 3.55. The molecule has 1 unspecified atom stereocenters. The van der Waals surface area contributed by atoms with Gasteiger partial charge in [-0.15, -0.1) is 0 Å². The Morgan fingerprint density at radius 2 is 2.21 bits per heavy atom. The van der Waals surface area contributed by atoms with E-state index in [-0.39, 0.29) is 17.3 Å². The summed E-state index contributed by atoms with van der Waals surface area (Å²) in [7, 11) is 0. The van der Waals surface area contributed by atoms with E-state index in [9.17, 15) is 0 Å². The summed E-state index contributed by atoms with van der Waals surface area (Å²) in [5, 5.41) is 3.18. The molecule has 78 valence electrons. The van der Waals surface area contributed by atoms with Crippen molar-refractivity contribution in [3.63, 3.8) is 0 Å². The van der Waals surface area contributed by atoms with Crippen molar-refractivity contribution < 1.29 is 0 Å². The predicted molar refractivity (Wildman–Crippen MR) is 60.7 cm³/mol. The quantitative estimate of drug-likeness (QED) is 0.816. The lowest BCUT2D eigenvalue weighted by atomic mass is 10.4. The van der Waals surface area contributed by atoms with E-state index in [2.05, 4.69) is 20.3 Å². The van der Waals surface area contributed by atoms with Gasteiger partial charge in [-0.05, 0) is 24.8 Å². The van der Waals surface area contributed by atoms with Crippen molar-refractivity contribution in [2.75, 3.05) is 23.1 Å². The highest BCUT2D eigenvalue weighted by Crippen LogP contribution is 2.09. The first-order valence-corrected chi connectivity index (χ1v) is 5.81.